The second-order valence-corrected chi connectivity index (χ2v) is 6.14. The number of aryl methyl sites for hydroxylation is 3. The molecule has 3 rings (SSSR count). The van der Waals surface area contributed by atoms with Gasteiger partial charge in [0.2, 0.25) is 0 Å². The van der Waals surface area contributed by atoms with E-state index in [0.717, 1.165) is 6.32 Å². The molecule has 0 spiro atoms. The van der Waals surface area contributed by atoms with Crippen molar-refractivity contribution in [2.24, 2.45) is 14.1 Å². The number of hydrogen-bond acceptors (Lipinski definition) is 0. The molecule has 0 bridgehead atoms. The van der Waals surface area contributed by atoms with E-state index in [0.29, 0.717) is 5.92 Å². The van der Waals surface area contributed by atoms with Gasteiger partial charge in [-0.3, -0.25) is 9.13 Å². The van der Waals surface area contributed by atoms with Crippen molar-refractivity contribution < 1.29 is 4.57 Å². The van der Waals surface area contributed by atoms with Gasteiger partial charge in [-0.15, -0.1) is 0 Å². The van der Waals surface area contributed by atoms with Crippen LogP contribution in [0, 0.1) is 6.92 Å². The first-order valence-electron chi connectivity index (χ1n) is 8.11. The molecule has 3 aromatic rings. The summed E-state index contributed by atoms with van der Waals surface area (Å²) in [4.78, 5) is 0. The SMILES string of the molecule is Cc1ccccc1C(C[B-]c1n(C)cc[n+]1C)c1ccccc1. The Labute approximate surface area is 139 Å². The standard InChI is InChI=1S/C20H23BN2/c1-16-9-7-8-12-18(16)19(17-10-5-4-6-11-17)15-21-20-22(2)13-14-23(20)3/h4-14,19H,15H2,1-3H3. The largest absolute Gasteiger partial charge is 0.280 e. The molecule has 0 saturated carbocycles. The molecule has 2 aromatic carbocycles. The molecule has 23 heavy (non-hydrogen) atoms. The highest BCUT2D eigenvalue weighted by Gasteiger charge is 2.13. The second-order valence-electron chi connectivity index (χ2n) is 6.14. The van der Waals surface area contributed by atoms with Crippen molar-refractivity contribution in [3.05, 3.63) is 83.7 Å². The Hall–Kier alpha value is -2.29. The lowest BCUT2D eigenvalue weighted by Gasteiger charge is -2.25. The molecule has 2 nitrogen and oxygen atoms in total. The Kier molecular flexibility index (Phi) is 4.66. The minimum Gasteiger partial charge on any atom is -0.280 e. The summed E-state index contributed by atoms with van der Waals surface area (Å²) < 4.78 is 4.33. The van der Waals surface area contributed by atoms with E-state index in [-0.39, 0.29) is 0 Å². The minimum absolute atomic E-state index is 0.382. The summed E-state index contributed by atoms with van der Waals surface area (Å²) in [6, 6.07) is 19.5. The van der Waals surface area contributed by atoms with Gasteiger partial charge in [0.05, 0.1) is 14.1 Å². The summed E-state index contributed by atoms with van der Waals surface area (Å²) >= 11 is 0. The predicted molar refractivity (Wildman–Crippen MR) is 96.2 cm³/mol. The van der Waals surface area contributed by atoms with Crippen LogP contribution in [0.1, 0.15) is 22.6 Å². The van der Waals surface area contributed by atoms with Crippen molar-refractivity contribution in [2.45, 2.75) is 19.2 Å². The maximum atomic E-state index is 2.34. The maximum Gasteiger partial charge on any atom is 0.125 e. The Morgan fingerprint density at radius 1 is 1.04 bits per heavy atom. The molecule has 3 heteroatoms. The number of aromatic nitrogens is 2. The molecule has 0 aliphatic heterocycles. The zero-order valence-electron chi connectivity index (χ0n) is 14.1. The van der Waals surface area contributed by atoms with E-state index >= 15 is 0 Å². The molecule has 2 radical (unpaired) electrons. The van der Waals surface area contributed by atoms with E-state index in [2.05, 4.69) is 104 Å². The van der Waals surface area contributed by atoms with Gasteiger partial charge >= 0.3 is 0 Å². The molecule has 0 amide bonds. The number of nitrogens with zero attached hydrogens (tertiary/aromatic N) is 2. The van der Waals surface area contributed by atoms with Crippen LogP contribution >= 0.6 is 0 Å². The van der Waals surface area contributed by atoms with Crippen LogP contribution in [0.4, 0.5) is 0 Å². The zero-order valence-corrected chi connectivity index (χ0v) is 14.1. The number of imidazole rings is 1. The predicted octanol–water partition coefficient (Wildman–Crippen LogP) is 2.74. The first-order chi connectivity index (χ1) is 11.2. The third-order valence-corrected chi connectivity index (χ3v) is 4.54. The van der Waals surface area contributed by atoms with Crippen LogP contribution in [0.15, 0.2) is 67.0 Å². The van der Waals surface area contributed by atoms with Gasteiger partial charge in [0.15, 0.2) is 0 Å². The molecule has 0 aliphatic carbocycles. The average Bonchev–Trinajstić information content (AvgIpc) is 2.89. The third kappa shape index (κ3) is 3.39. The fraction of sp³-hybridized carbons (Fsp3) is 0.250. The molecule has 0 N–H and O–H groups in total. The van der Waals surface area contributed by atoms with Crippen LogP contribution in [-0.4, -0.2) is 11.8 Å². The highest BCUT2D eigenvalue weighted by molar-refractivity contribution is 6.50. The Morgan fingerprint density at radius 3 is 2.39 bits per heavy atom. The Morgan fingerprint density at radius 2 is 1.74 bits per heavy atom. The molecule has 0 saturated heterocycles. The molecular weight excluding hydrogens is 279 g/mol. The van der Waals surface area contributed by atoms with E-state index in [1.807, 2.05) is 0 Å². The normalized spacial score (nSPS) is 12.3. The van der Waals surface area contributed by atoms with Crippen LogP contribution in [0.2, 0.25) is 6.32 Å². The van der Waals surface area contributed by atoms with Gasteiger partial charge in [-0.25, -0.2) is 6.32 Å². The van der Waals surface area contributed by atoms with E-state index in [1.165, 1.54) is 22.4 Å². The van der Waals surface area contributed by atoms with Crippen LogP contribution in [-0.2, 0) is 14.1 Å². The van der Waals surface area contributed by atoms with Crippen LogP contribution < -0.4 is 10.3 Å². The van der Waals surface area contributed by atoms with Crippen molar-refractivity contribution in [3.8, 4) is 0 Å². The van der Waals surface area contributed by atoms with Crippen molar-refractivity contribution >= 4 is 13.0 Å². The van der Waals surface area contributed by atoms with Gasteiger partial charge < -0.3 is 0 Å². The molecule has 1 unspecified atom stereocenters. The summed E-state index contributed by atoms with van der Waals surface area (Å²) in [7, 11) is 6.53. The molecule has 0 aliphatic rings. The van der Waals surface area contributed by atoms with Gasteiger partial charge in [0.25, 0.3) is 0 Å². The topological polar surface area (TPSA) is 8.81 Å². The first kappa shape index (κ1) is 15.6. The van der Waals surface area contributed by atoms with Gasteiger partial charge in [0.1, 0.15) is 12.4 Å². The summed E-state index contributed by atoms with van der Waals surface area (Å²) in [5, 5.41) is 0. The van der Waals surface area contributed by atoms with Gasteiger partial charge in [-0.05, 0) is 29.5 Å². The lowest BCUT2D eigenvalue weighted by molar-refractivity contribution is -0.653. The monoisotopic (exact) mass is 302 g/mol. The van der Waals surface area contributed by atoms with E-state index in [9.17, 15) is 0 Å². The quantitative estimate of drug-likeness (QED) is 0.506. The fourth-order valence-electron chi connectivity index (χ4n) is 3.22. The van der Waals surface area contributed by atoms with Crippen molar-refractivity contribution in [2.75, 3.05) is 0 Å². The van der Waals surface area contributed by atoms with Crippen LogP contribution in [0.25, 0.3) is 0 Å². The smallest absolute Gasteiger partial charge is 0.125 e. The average molecular weight is 302 g/mol. The molecule has 116 valence electrons. The molecule has 1 aromatic heterocycles. The third-order valence-electron chi connectivity index (χ3n) is 4.54. The summed E-state index contributed by atoms with van der Waals surface area (Å²) in [5.41, 5.74) is 5.37. The lowest BCUT2D eigenvalue weighted by atomic mass is 9.65. The van der Waals surface area contributed by atoms with E-state index in [4.69, 9.17) is 0 Å². The first-order valence-corrected chi connectivity index (χ1v) is 8.11. The highest BCUT2D eigenvalue weighted by atomic mass is 15.1. The zero-order chi connectivity index (χ0) is 16.2. The Bertz CT molecular complexity index is 758. The number of hydrogen-bond donors (Lipinski definition) is 0. The van der Waals surface area contributed by atoms with Crippen molar-refractivity contribution in [3.63, 3.8) is 0 Å². The van der Waals surface area contributed by atoms with Crippen LogP contribution in [0.5, 0.6) is 0 Å². The minimum atomic E-state index is 0.382. The summed E-state index contributed by atoms with van der Waals surface area (Å²) in [6.45, 7) is 2.20. The fourth-order valence-corrected chi connectivity index (χ4v) is 3.22. The maximum absolute atomic E-state index is 2.34. The number of benzene rings is 2. The molecular formula is C20H23BN2. The molecule has 1 heterocycles. The van der Waals surface area contributed by atoms with Crippen molar-refractivity contribution in [1.82, 2.24) is 4.57 Å². The van der Waals surface area contributed by atoms with E-state index in [1.54, 1.807) is 0 Å². The van der Waals surface area contributed by atoms with Crippen LogP contribution in [0.3, 0.4) is 0 Å². The van der Waals surface area contributed by atoms with Gasteiger partial charge in [-0.1, -0.05) is 54.6 Å². The Balaban J connectivity index is 1.92. The molecule has 1 atom stereocenters. The number of rotatable bonds is 5. The molecule has 0 fully saturated rings. The second kappa shape index (κ2) is 6.87. The summed E-state index contributed by atoms with van der Waals surface area (Å²) in [5.74, 6) is 0.382. The highest BCUT2D eigenvalue weighted by Crippen LogP contribution is 2.30. The van der Waals surface area contributed by atoms with Gasteiger partial charge in [-0.2, -0.15) is 7.28 Å². The summed E-state index contributed by atoms with van der Waals surface area (Å²) in [6.07, 6.45) is 5.18. The van der Waals surface area contributed by atoms with Gasteiger partial charge in [0, 0.05) is 5.72 Å². The van der Waals surface area contributed by atoms with E-state index < -0.39 is 0 Å². The lowest BCUT2D eigenvalue weighted by Crippen LogP contribution is -2.49. The van der Waals surface area contributed by atoms with Crippen molar-refractivity contribution in [1.29, 1.82) is 0 Å².